The molecule has 11 heavy (non-hydrogen) atoms. The fourth-order valence-corrected chi connectivity index (χ4v) is 1.26. The fourth-order valence-electron chi connectivity index (χ4n) is 1.26. The standard InChI is InChI=1S/C8H13N3/c1-6(2)7-3-4-8(11-7)10-5-9/h6-7H,3-4H2,1-2H3,(H,10,11). The van der Waals surface area contributed by atoms with E-state index in [9.17, 15) is 0 Å². The number of nitriles is 1. The van der Waals surface area contributed by atoms with Crippen LogP contribution in [0.1, 0.15) is 26.7 Å². The average molecular weight is 151 g/mol. The van der Waals surface area contributed by atoms with Crippen molar-refractivity contribution in [2.45, 2.75) is 32.7 Å². The molecule has 1 aliphatic heterocycles. The van der Waals surface area contributed by atoms with Crippen LogP contribution in [0.15, 0.2) is 4.99 Å². The second-order valence-electron chi connectivity index (χ2n) is 3.16. The first-order valence-corrected chi connectivity index (χ1v) is 3.96. The van der Waals surface area contributed by atoms with Gasteiger partial charge in [0.1, 0.15) is 5.84 Å². The molecular weight excluding hydrogens is 138 g/mol. The van der Waals surface area contributed by atoms with Crippen molar-refractivity contribution in [2.75, 3.05) is 0 Å². The van der Waals surface area contributed by atoms with Crippen molar-refractivity contribution in [1.29, 1.82) is 5.26 Å². The van der Waals surface area contributed by atoms with Crippen LogP contribution in [0.3, 0.4) is 0 Å². The van der Waals surface area contributed by atoms with Crippen molar-refractivity contribution < 1.29 is 0 Å². The lowest BCUT2D eigenvalue weighted by atomic mass is 10.0. The van der Waals surface area contributed by atoms with Crippen LogP contribution in [-0.4, -0.2) is 11.9 Å². The van der Waals surface area contributed by atoms with Gasteiger partial charge in [0.25, 0.3) is 0 Å². The molecule has 0 spiro atoms. The molecule has 3 heteroatoms. The predicted molar refractivity (Wildman–Crippen MR) is 44.0 cm³/mol. The Morgan fingerprint density at radius 3 is 2.91 bits per heavy atom. The van der Waals surface area contributed by atoms with Crippen LogP contribution in [-0.2, 0) is 0 Å². The molecule has 0 aromatic heterocycles. The zero-order valence-electron chi connectivity index (χ0n) is 6.96. The van der Waals surface area contributed by atoms with Crippen LogP contribution in [0.5, 0.6) is 0 Å². The third-order valence-corrected chi connectivity index (χ3v) is 1.97. The summed E-state index contributed by atoms with van der Waals surface area (Å²) >= 11 is 0. The fraction of sp³-hybridized carbons (Fsp3) is 0.750. The van der Waals surface area contributed by atoms with Gasteiger partial charge in [-0.05, 0) is 12.3 Å². The maximum atomic E-state index is 8.31. The first-order chi connectivity index (χ1) is 5.24. The molecule has 0 bridgehead atoms. The highest BCUT2D eigenvalue weighted by molar-refractivity contribution is 5.85. The summed E-state index contributed by atoms with van der Waals surface area (Å²) in [5.41, 5.74) is 0. The number of nitrogens with one attached hydrogen (secondary N) is 1. The van der Waals surface area contributed by atoms with Crippen LogP contribution in [0.4, 0.5) is 0 Å². The molecule has 60 valence electrons. The molecule has 0 fully saturated rings. The number of amidine groups is 1. The van der Waals surface area contributed by atoms with Gasteiger partial charge in [0, 0.05) is 6.42 Å². The molecular formula is C8H13N3. The van der Waals surface area contributed by atoms with Gasteiger partial charge in [-0.2, -0.15) is 5.26 Å². The lowest BCUT2D eigenvalue weighted by Crippen LogP contribution is -2.14. The van der Waals surface area contributed by atoms with Crippen molar-refractivity contribution in [3.8, 4) is 6.19 Å². The quantitative estimate of drug-likeness (QED) is 0.453. The largest absolute Gasteiger partial charge is 0.281 e. The predicted octanol–water partition coefficient (Wildman–Crippen LogP) is 1.27. The second-order valence-corrected chi connectivity index (χ2v) is 3.16. The minimum absolute atomic E-state index is 0.422. The zero-order valence-corrected chi connectivity index (χ0v) is 6.96. The monoisotopic (exact) mass is 151 g/mol. The van der Waals surface area contributed by atoms with Crippen LogP contribution in [0.25, 0.3) is 0 Å². The van der Waals surface area contributed by atoms with E-state index in [1.165, 1.54) is 0 Å². The first-order valence-electron chi connectivity index (χ1n) is 3.96. The summed E-state index contributed by atoms with van der Waals surface area (Å²) in [6.07, 6.45) is 3.90. The van der Waals surface area contributed by atoms with E-state index in [1.807, 2.05) is 6.19 Å². The highest BCUT2D eigenvalue weighted by Crippen LogP contribution is 2.18. The Kier molecular flexibility index (Phi) is 2.48. The Balaban J connectivity index is 2.48. The van der Waals surface area contributed by atoms with E-state index in [1.54, 1.807) is 0 Å². The molecule has 1 heterocycles. The summed E-state index contributed by atoms with van der Waals surface area (Å²) < 4.78 is 0. The second kappa shape index (κ2) is 3.38. The number of hydrogen-bond donors (Lipinski definition) is 1. The van der Waals surface area contributed by atoms with Gasteiger partial charge in [0.15, 0.2) is 6.19 Å². The molecule has 1 atom stereocenters. The highest BCUT2D eigenvalue weighted by atomic mass is 15.0. The van der Waals surface area contributed by atoms with Gasteiger partial charge in [0.2, 0.25) is 0 Å². The molecule has 1 aliphatic rings. The lowest BCUT2D eigenvalue weighted by Gasteiger charge is -2.08. The smallest absolute Gasteiger partial charge is 0.182 e. The SMILES string of the molecule is CC(C)C1CCC(NC#N)=N1. The molecule has 1 unspecified atom stereocenters. The van der Waals surface area contributed by atoms with Gasteiger partial charge in [-0.3, -0.25) is 10.3 Å². The molecule has 1 rings (SSSR count). The van der Waals surface area contributed by atoms with Crippen molar-refractivity contribution in [3.05, 3.63) is 0 Å². The third kappa shape index (κ3) is 1.94. The van der Waals surface area contributed by atoms with Gasteiger partial charge >= 0.3 is 0 Å². The number of rotatable bonds is 1. The van der Waals surface area contributed by atoms with Crippen LogP contribution >= 0.6 is 0 Å². The summed E-state index contributed by atoms with van der Waals surface area (Å²) in [5.74, 6) is 1.44. The summed E-state index contributed by atoms with van der Waals surface area (Å²) in [4.78, 5) is 4.36. The van der Waals surface area contributed by atoms with E-state index in [0.717, 1.165) is 18.7 Å². The molecule has 1 N–H and O–H groups in total. The van der Waals surface area contributed by atoms with Crippen LogP contribution < -0.4 is 5.32 Å². The Morgan fingerprint density at radius 2 is 2.45 bits per heavy atom. The van der Waals surface area contributed by atoms with Crippen LogP contribution in [0.2, 0.25) is 0 Å². The average Bonchev–Trinajstić information content (AvgIpc) is 2.37. The summed E-state index contributed by atoms with van der Waals surface area (Å²) in [5, 5.41) is 10.9. The van der Waals surface area contributed by atoms with Crippen molar-refractivity contribution in [2.24, 2.45) is 10.9 Å². The van der Waals surface area contributed by atoms with E-state index < -0.39 is 0 Å². The summed E-state index contributed by atoms with van der Waals surface area (Å²) in [6.45, 7) is 4.31. The Morgan fingerprint density at radius 1 is 1.73 bits per heavy atom. The lowest BCUT2D eigenvalue weighted by molar-refractivity contribution is 0.494. The molecule has 0 saturated heterocycles. The number of hydrogen-bond acceptors (Lipinski definition) is 3. The molecule has 0 aliphatic carbocycles. The van der Waals surface area contributed by atoms with E-state index in [0.29, 0.717) is 12.0 Å². The van der Waals surface area contributed by atoms with Gasteiger partial charge in [-0.25, -0.2) is 0 Å². The highest BCUT2D eigenvalue weighted by Gasteiger charge is 2.19. The maximum Gasteiger partial charge on any atom is 0.182 e. The molecule has 0 amide bonds. The summed E-state index contributed by atoms with van der Waals surface area (Å²) in [7, 11) is 0. The van der Waals surface area contributed by atoms with E-state index in [2.05, 4.69) is 24.2 Å². The van der Waals surface area contributed by atoms with Gasteiger partial charge in [-0.1, -0.05) is 13.8 Å². The zero-order chi connectivity index (χ0) is 8.27. The van der Waals surface area contributed by atoms with Gasteiger partial charge in [-0.15, -0.1) is 0 Å². The number of nitrogens with zero attached hydrogens (tertiary/aromatic N) is 2. The molecule has 3 nitrogen and oxygen atoms in total. The van der Waals surface area contributed by atoms with E-state index in [-0.39, 0.29) is 0 Å². The van der Waals surface area contributed by atoms with Crippen molar-refractivity contribution >= 4 is 5.84 Å². The van der Waals surface area contributed by atoms with E-state index >= 15 is 0 Å². The van der Waals surface area contributed by atoms with E-state index in [4.69, 9.17) is 5.26 Å². The van der Waals surface area contributed by atoms with Gasteiger partial charge < -0.3 is 0 Å². The minimum Gasteiger partial charge on any atom is -0.281 e. The topological polar surface area (TPSA) is 48.2 Å². The molecule has 0 saturated carbocycles. The minimum atomic E-state index is 0.422. The molecule has 0 radical (unpaired) electrons. The maximum absolute atomic E-state index is 8.31. The molecule has 0 aromatic carbocycles. The normalized spacial score (nSPS) is 23.1. The third-order valence-electron chi connectivity index (χ3n) is 1.97. The number of aliphatic imine (C=N–C) groups is 1. The van der Waals surface area contributed by atoms with Crippen LogP contribution in [0, 0.1) is 17.4 Å². The van der Waals surface area contributed by atoms with Crippen molar-refractivity contribution in [3.63, 3.8) is 0 Å². The Labute approximate surface area is 67.1 Å². The molecule has 0 aromatic rings. The Hall–Kier alpha value is -1.04. The van der Waals surface area contributed by atoms with Crippen molar-refractivity contribution in [1.82, 2.24) is 5.32 Å². The first kappa shape index (κ1) is 8.06. The Bertz CT molecular complexity index is 200. The van der Waals surface area contributed by atoms with Gasteiger partial charge in [0.05, 0.1) is 6.04 Å². The summed E-state index contributed by atoms with van der Waals surface area (Å²) in [6, 6.07) is 0.422.